The van der Waals surface area contributed by atoms with Gasteiger partial charge in [0.15, 0.2) is 5.69 Å². The molecule has 0 spiro atoms. The Hall–Kier alpha value is -3.80. The van der Waals surface area contributed by atoms with Crippen LogP contribution in [0.5, 0.6) is 0 Å². The molecular weight excluding hydrogens is 448 g/mol. The van der Waals surface area contributed by atoms with Crippen molar-refractivity contribution in [2.24, 2.45) is 5.10 Å². The maximum absolute atomic E-state index is 13.0. The van der Waals surface area contributed by atoms with Gasteiger partial charge in [-0.1, -0.05) is 31.2 Å². The van der Waals surface area contributed by atoms with Gasteiger partial charge in [0.1, 0.15) is 0 Å². The van der Waals surface area contributed by atoms with Crippen molar-refractivity contribution in [1.29, 1.82) is 0 Å². The average molecular weight is 483 g/mol. The van der Waals surface area contributed by atoms with Crippen LogP contribution in [0.3, 0.4) is 0 Å². The third-order valence-corrected chi connectivity index (χ3v) is 5.53. The number of hydrazone groups is 1. The molecule has 0 aliphatic carbocycles. The first-order valence-corrected chi connectivity index (χ1v) is 12.0. The van der Waals surface area contributed by atoms with E-state index in [9.17, 15) is 4.79 Å². The van der Waals surface area contributed by atoms with Gasteiger partial charge in [-0.2, -0.15) is 9.78 Å². The number of hydrogen-bond donors (Lipinski definition) is 2. The quantitative estimate of drug-likeness (QED) is 0.277. The normalized spacial score (nSPS) is 11.5. The summed E-state index contributed by atoms with van der Waals surface area (Å²) in [4.78, 5) is 17.5. The zero-order valence-corrected chi connectivity index (χ0v) is 20.8. The minimum absolute atomic E-state index is 0.0619. The number of aromatic nitrogens is 5. The molecule has 3 rings (SSSR count). The fourth-order valence-electron chi connectivity index (χ4n) is 3.82. The van der Waals surface area contributed by atoms with Crippen molar-refractivity contribution in [3.05, 3.63) is 41.2 Å². The molecule has 12 nitrogen and oxygen atoms in total. The molecular formula is C23H34N10O2. The van der Waals surface area contributed by atoms with Gasteiger partial charge in [0.05, 0.1) is 11.9 Å². The molecule has 188 valence electrons. The van der Waals surface area contributed by atoms with E-state index in [2.05, 4.69) is 68.6 Å². The summed E-state index contributed by atoms with van der Waals surface area (Å²) in [6.07, 6.45) is 3.52. The molecule has 0 atom stereocenters. The number of carbonyl (C=O) groups excluding carboxylic acids is 1. The molecule has 0 fully saturated rings. The predicted octanol–water partition coefficient (Wildman–Crippen LogP) is 2.46. The molecule has 0 aliphatic heterocycles. The van der Waals surface area contributed by atoms with Crippen LogP contribution in [0, 0.1) is 0 Å². The van der Waals surface area contributed by atoms with Gasteiger partial charge in [0.25, 0.3) is 5.91 Å². The minimum Gasteiger partial charge on any atom is -0.378 e. The van der Waals surface area contributed by atoms with Crippen molar-refractivity contribution in [2.45, 2.75) is 47.1 Å². The van der Waals surface area contributed by atoms with E-state index in [0.717, 1.165) is 50.3 Å². The standard InChI is InChI=1S/C23H34N10O2/c1-5-13-31(14-6-2)16-19-20(26-30-33(19)22-21(24)28-35-29-22)23(34)27-25-15-17-9-11-18(12-10-17)32(7-3)8-4/h9-12,15H,5-8,13-14,16H2,1-4H3,(H2,24,28)(H,27,34)/b25-15+. The topological polar surface area (TPSA) is 144 Å². The summed E-state index contributed by atoms with van der Waals surface area (Å²) in [7, 11) is 0. The molecule has 3 aromatic rings. The number of nitrogens with one attached hydrogen (secondary N) is 1. The number of rotatable bonds is 13. The second kappa shape index (κ2) is 12.6. The van der Waals surface area contributed by atoms with Crippen molar-refractivity contribution in [2.75, 3.05) is 36.8 Å². The molecule has 2 heterocycles. The van der Waals surface area contributed by atoms with E-state index in [1.165, 1.54) is 4.68 Å². The van der Waals surface area contributed by atoms with Crippen LogP contribution in [0.2, 0.25) is 0 Å². The lowest BCUT2D eigenvalue weighted by molar-refractivity contribution is 0.0947. The van der Waals surface area contributed by atoms with Crippen molar-refractivity contribution >= 4 is 23.6 Å². The molecule has 0 radical (unpaired) electrons. The lowest BCUT2D eigenvalue weighted by Gasteiger charge is -2.21. The summed E-state index contributed by atoms with van der Waals surface area (Å²) in [6.45, 7) is 12.5. The van der Waals surface area contributed by atoms with Gasteiger partial charge in [-0.15, -0.1) is 5.10 Å². The number of nitrogens with zero attached hydrogens (tertiary/aromatic N) is 8. The summed E-state index contributed by atoms with van der Waals surface area (Å²) < 4.78 is 6.12. The smallest absolute Gasteiger partial charge is 0.293 e. The van der Waals surface area contributed by atoms with Crippen LogP contribution in [0.25, 0.3) is 5.82 Å². The zero-order valence-electron chi connectivity index (χ0n) is 20.8. The Bertz CT molecular complexity index is 1100. The average Bonchev–Trinajstić information content (AvgIpc) is 3.46. The molecule has 12 heteroatoms. The third-order valence-electron chi connectivity index (χ3n) is 5.53. The highest BCUT2D eigenvalue weighted by atomic mass is 16.6. The van der Waals surface area contributed by atoms with Gasteiger partial charge in [-0.05, 0) is 67.8 Å². The molecule has 0 saturated heterocycles. The largest absolute Gasteiger partial charge is 0.378 e. The zero-order chi connectivity index (χ0) is 25.2. The molecule has 35 heavy (non-hydrogen) atoms. The Balaban J connectivity index is 1.79. The van der Waals surface area contributed by atoms with Crippen LogP contribution < -0.4 is 16.1 Å². The van der Waals surface area contributed by atoms with Crippen molar-refractivity contribution in [1.82, 2.24) is 35.6 Å². The number of hydrogen-bond acceptors (Lipinski definition) is 10. The lowest BCUT2D eigenvalue weighted by Crippen LogP contribution is -2.28. The SMILES string of the molecule is CCCN(CCC)Cc1c(C(=O)N/N=C/c2ccc(N(CC)CC)cc2)nnn1-c1nonc1N. The Labute approximate surface area is 205 Å². The van der Waals surface area contributed by atoms with Crippen molar-refractivity contribution < 1.29 is 9.42 Å². The fourth-order valence-corrected chi connectivity index (χ4v) is 3.82. The lowest BCUT2D eigenvalue weighted by atomic mass is 10.2. The van der Waals surface area contributed by atoms with Crippen LogP contribution in [-0.2, 0) is 6.54 Å². The Morgan fingerprint density at radius 2 is 1.80 bits per heavy atom. The molecule has 0 unspecified atom stereocenters. The maximum atomic E-state index is 13.0. The minimum atomic E-state index is -0.481. The van der Waals surface area contributed by atoms with E-state index in [1.807, 2.05) is 24.3 Å². The van der Waals surface area contributed by atoms with Gasteiger partial charge in [-0.25, -0.2) is 10.1 Å². The number of benzene rings is 1. The van der Waals surface area contributed by atoms with E-state index in [4.69, 9.17) is 10.4 Å². The molecule has 0 saturated carbocycles. The number of carbonyl (C=O) groups is 1. The summed E-state index contributed by atoms with van der Waals surface area (Å²) in [5.74, 6) is -0.228. The second-order valence-corrected chi connectivity index (χ2v) is 8.01. The Morgan fingerprint density at radius 3 is 2.37 bits per heavy atom. The first-order valence-electron chi connectivity index (χ1n) is 12.0. The predicted molar refractivity (Wildman–Crippen MR) is 135 cm³/mol. The maximum Gasteiger partial charge on any atom is 0.293 e. The number of anilines is 2. The van der Waals surface area contributed by atoms with Crippen LogP contribution in [0.4, 0.5) is 11.5 Å². The molecule has 3 N–H and O–H groups in total. The van der Waals surface area contributed by atoms with Crippen molar-refractivity contribution in [3.8, 4) is 5.82 Å². The van der Waals surface area contributed by atoms with E-state index >= 15 is 0 Å². The van der Waals surface area contributed by atoms with Crippen LogP contribution in [0.15, 0.2) is 34.0 Å². The first kappa shape index (κ1) is 25.8. The van der Waals surface area contributed by atoms with Gasteiger partial charge >= 0.3 is 0 Å². The Morgan fingerprint density at radius 1 is 1.11 bits per heavy atom. The van der Waals surface area contributed by atoms with E-state index < -0.39 is 5.91 Å². The molecule has 2 aromatic heterocycles. The van der Waals surface area contributed by atoms with Crippen molar-refractivity contribution in [3.63, 3.8) is 0 Å². The summed E-state index contributed by atoms with van der Waals surface area (Å²) in [5.41, 5.74) is 11.1. The summed E-state index contributed by atoms with van der Waals surface area (Å²) >= 11 is 0. The molecule has 0 aliphatic rings. The monoisotopic (exact) mass is 482 g/mol. The second-order valence-electron chi connectivity index (χ2n) is 8.01. The highest BCUT2D eigenvalue weighted by Crippen LogP contribution is 2.18. The highest BCUT2D eigenvalue weighted by Gasteiger charge is 2.25. The number of amides is 1. The fraction of sp³-hybridized carbons (Fsp3) is 0.478. The van der Waals surface area contributed by atoms with E-state index in [-0.39, 0.29) is 17.3 Å². The molecule has 0 bridgehead atoms. The van der Waals surface area contributed by atoms with Crippen LogP contribution in [-0.4, -0.2) is 68.5 Å². The van der Waals surface area contributed by atoms with Gasteiger partial charge < -0.3 is 10.6 Å². The van der Waals surface area contributed by atoms with Crippen LogP contribution >= 0.6 is 0 Å². The van der Waals surface area contributed by atoms with E-state index in [0.29, 0.717) is 12.2 Å². The highest BCUT2D eigenvalue weighted by molar-refractivity contribution is 5.94. The molecule has 1 aromatic carbocycles. The van der Waals surface area contributed by atoms with Gasteiger partial charge in [0.2, 0.25) is 11.6 Å². The number of nitrogens with two attached hydrogens (primary N) is 1. The first-order chi connectivity index (χ1) is 17.0. The summed E-state index contributed by atoms with van der Waals surface area (Å²) in [6, 6.07) is 7.98. The van der Waals surface area contributed by atoms with E-state index in [1.54, 1.807) is 6.21 Å². The number of nitrogen functional groups attached to an aromatic ring is 1. The van der Waals surface area contributed by atoms with Crippen LogP contribution in [0.1, 0.15) is 62.3 Å². The van der Waals surface area contributed by atoms with Gasteiger partial charge in [0, 0.05) is 25.3 Å². The third kappa shape index (κ3) is 6.41. The summed E-state index contributed by atoms with van der Waals surface area (Å²) in [5, 5.41) is 19.7. The molecule has 1 amide bonds. The van der Waals surface area contributed by atoms with Gasteiger partial charge in [-0.3, -0.25) is 9.69 Å². The Kier molecular flexibility index (Phi) is 9.30.